The zero-order chi connectivity index (χ0) is 12.4. The highest BCUT2D eigenvalue weighted by Gasteiger charge is 2.12. The molecule has 0 aliphatic rings. The van der Waals surface area contributed by atoms with E-state index in [0.29, 0.717) is 12.0 Å². The summed E-state index contributed by atoms with van der Waals surface area (Å²) in [5.41, 5.74) is 2.50. The van der Waals surface area contributed by atoms with Crippen LogP contribution in [0.25, 0.3) is 11.0 Å². The highest BCUT2D eigenvalue weighted by atomic mass is 16.1. The van der Waals surface area contributed by atoms with Gasteiger partial charge in [-0.25, -0.2) is 4.98 Å². The highest BCUT2D eigenvalue weighted by molar-refractivity contribution is 6.07. The van der Waals surface area contributed by atoms with Gasteiger partial charge in [-0.3, -0.25) is 4.79 Å². The third-order valence-electron chi connectivity index (χ3n) is 2.96. The van der Waals surface area contributed by atoms with E-state index >= 15 is 0 Å². The number of Topliss-reactive ketones (excluding diaryl/α,β-unsaturated/α-hetero) is 1. The van der Waals surface area contributed by atoms with Gasteiger partial charge in [0.25, 0.3) is 0 Å². The van der Waals surface area contributed by atoms with Crippen molar-refractivity contribution in [2.45, 2.75) is 6.42 Å². The molecule has 0 amide bonds. The van der Waals surface area contributed by atoms with Crippen LogP contribution in [0, 0.1) is 0 Å². The largest absolute Gasteiger partial charge is 0.345 e. The number of hydrogen-bond acceptors (Lipinski definition) is 2. The molecule has 0 atom stereocenters. The molecule has 2 heterocycles. The molecule has 3 heteroatoms. The molecule has 3 aromatic rings. The van der Waals surface area contributed by atoms with Gasteiger partial charge in [0.05, 0.1) is 0 Å². The van der Waals surface area contributed by atoms with Gasteiger partial charge >= 0.3 is 0 Å². The van der Waals surface area contributed by atoms with E-state index in [4.69, 9.17) is 0 Å². The lowest BCUT2D eigenvalue weighted by atomic mass is 10.0. The van der Waals surface area contributed by atoms with Gasteiger partial charge in [0.2, 0.25) is 0 Å². The normalized spacial score (nSPS) is 10.7. The molecule has 0 spiro atoms. The average Bonchev–Trinajstić information content (AvgIpc) is 2.84. The topological polar surface area (TPSA) is 45.8 Å². The van der Waals surface area contributed by atoms with Crippen LogP contribution >= 0.6 is 0 Å². The molecule has 0 unspecified atom stereocenters. The van der Waals surface area contributed by atoms with Crippen LogP contribution in [-0.4, -0.2) is 15.8 Å². The molecule has 3 nitrogen and oxygen atoms in total. The number of aromatic amines is 1. The standard InChI is InChI=1S/C15H12N2O/c18-14(9-11-5-2-1-3-6-11)13-10-17-15-12(13)7-4-8-16-15/h1-8,10H,9H2,(H,16,17). The summed E-state index contributed by atoms with van der Waals surface area (Å²) in [5, 5.41) is 0.887. The number of aromatic nitrogens is 2. The molecule has 0 saturated carbocycles. The maximum absolute atomic E-state index is 12.2. The Labute approximate surface area is 104 Å². The number of rotatable bonds is 3. The van der Waals surface area contributed by atoms with E-state index < -0.39 is 0 Å². The van der Waals surface area contributed by atoms with Crippen LogP contribution in [0.4, 0.5) is 0 Å². The molecule has 1 aromatic carbocycles. The van der Waals surface area contributed by atoms with Crippen molar-refractivity contribution in [1.29, 1.82) is 0 Å². The third-order valence-corrected chi connectivity index (χ3v) is 2.96. The first-order chi connectivity index (χ1) is 8.84. The molecular weight excluding hydrogens is 224 g/mol. The van der Waals surface area contributed by atoms with Crippen molar-refractivity contribution in [2.75, 3.05) is 0 Å². The van der Waals surface area contributed by atoms with Crippen LogP contribution in [0.2, 0.25) is 0 Å². The van der Waals surface area contributed by atoms with Crippen LogP contribution in [0.15, 0.2) is 54.9 Å². The summed E-state index contributed by atoms with van der Waals surface area (Å²) in [5.74, 6) is 0.112. The van der Waals surface area contributed by atoms with Crippen molar-refractivity contribution in [2.24, 2.45) is 0 Å². The summed E-state index contributed by atoms with van der Waals surface area (Å²) < 4.78 is 0. The van der Waals surface area contributed by atoms with Crippen LogP contribution < -0.4 is 0 Å². The lowest BCUT2D eigenvalue weighted by Crippen LogP contribution is -2.02. The fraction of sp³-hybridized carbons (Fsp3) is 0.0667. The molecule has 0 aliphatic carbocycles. The lowest BCUT2D eigenvalue weighted by molar-refractivity contribution is 0.0994. The monoisotopic (exact) mass is 236 g/mol. The van der Waals surface area contributed by atoms with E-state index in [1.54, 1.807) is 12.4 Å². The van der Waals surface area contributed by atoms with Crippen LogP contribution in [0.5, 0.6) is 0 Å². The smallest absolute Gasteiger partial charge is 0.169 e. The molecule has 18 heavy (non-hydrogen) atoms. The predicted octanol–water partition coefficient (Wildman–Crippen LogP) is 2.99. The summed E-state index contributed by atoms with van der Waals surface area (Å²) in [6.45, 7) is 0. The molecule has 2 aromatic heterocycles. The Hall–Kier alpha value is -2.42. The van der Waals surface area contributed by atoms with Gasteiger partial charge in [-0.1, -0.05) is 30.3 Å². The Morgan fingerprint density at radius 2 is 1.94 bits per heavy atom. The average molecular weight is 236 g/mol. The molecule has 0 aliphatic heterocycles. The fourth-order valence-corrected chi connectivity index (χ4v) is 2.06. The predicted molar refractivity (Wildman–Crippen MR) is 70.6 cm³/mol. The van der Waals surface area contributed by atoms with E-state index in [-0.39, 0.29) is 5.78 Å². The first kappa shape index (κ1) is 10.7. The number of nitrogens with zero attached hydrogens (tertiary/aromatic N) is 1. The van der Waals surface area contributed by atoms with Crippen molar-refractivity contribution >= 4 is 16.8 Å². The molecule has 0 saturated heterocycles. The van der Waals surface area contributed by atoms with Gasteiger partial charge < -0.3 is 4.98 Å². The maximum atomic E-state index is 12.2. The quantitative estimate of drug-likeness (QED) is 0.710. The second kappa shape index (κ2) is 4.45. The number of hydrogen-bond donors (Lipinski definition) is 1. The zero-order valence-corrected chi connectivity index (χ0v) is 9.76. The summed E-state index contributed by atoms with van der Waals surface area (Å²) in [6, 6.07) is 13.5. The third kappa shape index (κ3) is 1.91. The minimum absolute atomic E-state index is 0.112. The molecule has 1 N–H and O–H groups in total. The van der Waals surface area contributed by atoms with E-state index in [9.17, 15) is 4.79 Å². The molecule has 0 fully saturated rings. The summed E-state index contributed by atoms with van der Waals surface area (Å²) in [4.78, 5) is 19.4. The lowest BCUT2D eigenvalue weighted by Gasteiger charge is -1.99. The minimum Gasteiger partial charge on any atom is -0.345 e. The maximum Gasteiger partial charge on any atom is 0.169 e. The Balaban J connectivity index is 1.93. The summed E-state index contributed by atoms with van der Waals surface area (Å²) in [7, 11) is 0. The molecular formula is C15H12N2O. The Bertz CT molecular complexity index is 686. The van der Waals surface area contributed by atoms with Crippen LogP contribution in [0.1, 0.15) is 15.9 Å². The number of benzene rings is 1. The first-order valence-corrected chi connectivity index (χ1v) is 5.84. The number of carbonyl (C=O) groups is 1. The first-order valence-electron chi connectivity index (χ1n) is 5.84. The molecule has 0 radical (unpaired) electrons. The Morgan fingerprint density at radius 3 is 2.78 bits per heavy atom. The number of carbonyl (C=O) groups excluding carboxylic acids is 1. The number of nitrogens with one attached hydrogen (secondary N) is 1. The molecule has 88 valence electrons. The van der Waals surface area contributed by atoms with Crippen molar-refractivity contribution in [1.82, 2.24) is 9.97 Å². The van der Waals surface area contributed by atoms with Gasteiger partial charge in [-0.05, 0) is 17.7 Å². The van der Waals surface area contributed by atoms with Gasteiger partial charge in [0, 0.05) is 29.8 Å². The van der Waals surface area contributed by atoms with Crippen molar-refractivity contribution in [3.05, 3.63) is 66.0 Å². The van der Waals surface area contributed by atoms with Gasteiger partial charge in [0.1, 0.15) is 5.65 Å². The molecule has 3 rings (SSSR count). The van der Waals surface area contributed by atoms with Crippen molar-refractivity contribution in [3.63, 3.8) is 0 Å². The van der Waals surface area contributed by atoms with E-state index in [2.05, 4.69) is 9.97 Å². The SMILES string of the molecule is O=C(Cc1ccccc1)c1c[nH]c2ncccc12. The zero-order valence-electron chi connectivity index (χ0n) is 9.76. The second-order valence-corrected chi connectivity index (χ2v) is 4.19. The van der Waals surface area contributed by atoms with E-state index in [1.807, 2.05) is 42.5 Å². The minimum atomic E-state index is 0.112. The Morgan fingerprint density at radius 1 is 1.11 bits per heavy atom. The molecule has 0 bridgehead atoms. The van der Waals surface area contributed by atoms with E-state index in [1.165, 1.54) is 0 Å². The van der Waals surface area contributed by atoms with Gasteiger partial charge in [-0.15, -0.1) is 0 Å². The van der Waals surface area contributed by atoms with Crippen molar-refractivity contribution < 1.29 is 4.79 Å². The number of fused-ring (bicyclic) bond motifs is 1. The number of ketones is 1. The highest BCUT2D eigenvalue weighted by Crippen LogP contribution is 2.17. The van der Waals surface area contributed by atoms with Gasteiger partial charge in [-0.2, -0.15) is 0 Å². The Kier molecular flexibility index (Phi) is 2.65. The van der Waals surface area contributed by atoms with Crippen molar-refractivity contribution in [3.8, 4) is 0 Å². The second-order valence-electron chi connectivity index (χ2n) is 4.19. The fourth-order valence-electron chi connectivity index (χ4n) is 2.06. The number of pyridine rings is 1. The number of H-pyrrole nitrogens is 1. The van der Waals surface area contributed by atoms with Crippen LogP contribution in [-0.2, 0) is 6.42 Å². The van der Waals surface area contributed by atoms with Gasteiger partial charge in [0.15, 0.2) is 5.78 Å². The summed E-state index contributed by atoms with van der Waals surface area (Å²) in [6.07, 6.45) is 3.87. The van der Waals surface area contributed by atoms with E-state index in [0.717, 1.165) is 16.6 Å². The van der Waals surface area contributed by atoms with Crippen LogP contribution in [0.3, 0.4) is 0 Å². The summed E-state index contributed by atoms with van der Waals surface area (Å²) >= 11 is 0.